The number of aromatic nitrogens is 1. The molecule has 1 aromatic heterocycles. The van der Waals surface area contributed by atoms with Crippen molar-refractivity contribution >= 4 is 22.6 Å². The number of hydrogen-bond donors (Lipinski definition) is 2. The average molecular weight is 495 g/mol. The number of carbonyl (C=O) groups excluding carboxylic acids is 2. The lowest BCUT2D eigenvalue weighted by Gasteiger charge is -2.25. The number of pyridine rings is 1. The fourth-order valence-electron chi connectivity index (χ4n) is 5.05. The highest BCUT2D eigenvalue weighted by atomic mass is 19.1. The summed E-state index contributed by atoms with van der Waals surface area (Å²) in [6.45, 7) is 2.67. The summed E-state index contributed by atoms with van der Waals surface area (Å²) in [5.41, 5.74) is 3.40. The minimum Gasteiger partial charge on any atom is -0.345 e. The molecule has 1 saturated heterocycles. The quantitative estimate of drug-likeness (QED) is 0.499. The van der Waals surface area contributed by atoms with E-state index in [0.29, 0.717) is 37.2 Å². The lowest BCUT2D eigenvalue weighted by atomic mass is 9.99. The molecule has 1 atom stereocenters. The summed E-state index contributed by atoms with van der Waals surface area (Å²) >= 11 is 0. The number of rotatable bonds is 8. The van der Waals surface area contributed by atoms with Gasteiger partial charge in [0.25, 0.3) is 11.5 Å². The van der Waals surface area contributed by atoms with Crippen LogP contribution >= 0.6 is 0 Å². The topological polar surface area (TPSA) is 83.4 Å². The van der Waals surface area contributed by atoms with Gasteiger partial charge < -0.3 is 15.6 Å². The number of carbonyl (C=O) groups is 2. The highest BCUT2D eigenvalue weighted by Gasteiger charge is 2.35. The SMILES string of the molecule is CCNn1c(CN2CCCC2=O)c(C(=O)NC(c2cccc(F)c2)C2CC2)c2cccc(F)c2c1=O. The maximum atomic E-state index is 14.9. The Bertz CT molecular complexity index is 1400. The molecule has 2 amide bonds. The summed E-state index contributed by atoms with van der Waals surface area (Å²) < 4.78 is 30.1. The predicted octanol–water partition coefficient (Wildman–Crippen LogP) is 3.85. The van der Waals surface area contributed by atoms with Gasteiger partial charge in [0.15, 0.2) is 0 Å². The zero-order chi connectivity index (χ0) is 25.4. The third-order valence-corrected chi connectivity index (χ3v) is 6.90. The van der Waals surface area contributed by atoms with Crippen molar-refractivity contribution in [3.63, 3.8) is 0 Å². The van der Waals surface area contributed by atoms with Crippen molar-refractivity contribution in [2.75, 3.05) is 18.5 Å². The molecule has 0 spiro atoms. The van der Waals surface area contributed by atoms with Gasteiger partial charge in [-0.1, -0.05) is 24.3 Å². The Balaban J connectivity index is 1.67. The second kappa shape index (κ2) is 9.72. The summed E-state index contributed by atoms with van der Waals surface area (Å²) in [6, 6.07) is 9.90. The van der Waals surface area contributed by atoms with Crippen LogP contribution in [0.4, 0.5) is 8.78 Å². The summed E-state index contributed by atoms with van der Waals surface area (Å²) in [5, 5.41) is 3.02. The zero-order valence-corrected chi connectivity index (χ0v) is 20.0. The maximum Gasteiger partial charge on any atom is 0.280 e. The summed E-state index contributed by atoms with van der Waals surface area (Å²) in [5.74, 6) is -1.53. The van der Waals surface area contributed by atoms with E-state index in [4.69, 9.17) is 0 Å². The van der Waals surface area contributed by atoms with Crippen molar-refractivity contribution in [3.8, 4) is 0 Å². The Morgan fingerprint density at radius 1 is 1.14 bits per heavy atom. The van der Waals surface area contributed by atoms with E-state index in [1.165, 1.54) is 28.9 Å². The Hall–Kier alpha value is -3.75. The minimum atomic E-state index is -0.731. The molecule has 36 heavy (non-hydrogen) atoms. The molecule has 2 aromatic carbocycles. The number of benzene rings is 2. The molecule has 2 heterocycles. The molecule has 0 radical (unpaired) electrons. The van der Waals surface area contributed by atoms with Gasteiger partial charge in [-0.15, -0.1) is 0 Å². The van der Waals surface area contributed by atoms with Crippen LogP contribution in [0.2, 0.25) is 0 Å². The maximum absolute atomic E-state index is 14.9. The first-order valence-corrected chi connectivity index (χ1v) is 12.3. The van der Waals surface area contributed by atoms with E-state index in [0.717, 1.165) is 12.8 Å². The lowest BCUT2D eigenvalue weighted by molar-refractivity contribution is -0.128. The van der Waals surface area contributed by atoms with Crippen molar-refractivity contribution in [3.05, 3.63) is 81.3 Å². The van der Waals surface area contributed by atoms with Gasteiger partial charge in [-0.2, -0.15) is 0 Å². The predicted molar refractivity (Wildman–Crippen MR) is 132 cm³/mol. The molecular formula is C27H28F2N4O3. The molecule has 2 fully saturated rings. The van der Waals surface area contributed by atoms with Gasteiger partial charge in [0.2, 0.25) is 5.91 Å². The molecule has 1 unspecified atom stereocenters. The number of halogens is 2. The summed E-state index contributed by atoms with van der Waals surface area (Å²) in [6.07, 6.45) is 2.88. The zero-order valence-electron chi connectivity index (χ0n) is 20.0. The smallest absolute Gasteiger partial charge is 0.280 e. The molecule has 5 rings (SSSR count). The van der Waals surface area contributed by atoms with E-state index in [2.05, 4.69) is 10.7 Å². The van der Waals surface area contributed by atoms with Gasteiger partial charge in [-0.3, -0.25) is 14.4 Å². The Morgan fingerprint density at radius 2 is 1.92 bits per heavy atom. The molecule has 1 saturated carbocycles. The van der Waals surface area contributed by atoms with Crippen LogP contribution in [-0.4, -0.2) is 34.5 Å². The molecule has 2 aliphatic rings. The van der Waals surface area contributed by atoms with Crippen LogP contribution < -0.4 is 16.3 Å². The number of nitrogens with zero attached hydrogens (tertiary/aromatic N) is 2. The van der Waals surface area contributed by atoms with Crippen LogP contribution in [0, 0.1) is 17.6 Å². The monoisotopic (exact) mass is 494 g/mol. The number of fused-ring (bicyclic) bond motifs is 1. The Kier molecular flexibility index (Phi) is 6.47. The van der Waals surface area contributed by atoms with Crippen LogP contribution in [-0.2, 0) is 11.3 Å². The van der Waals surface area contributed by atoms with Crippen molar-refractivity contribution < 1.29 is 18.4 Å². The number of amides is 2. The first-order chi connectivity index (χ1) is 17.4. The molecule has 188 valence electrons. The molecule has 2 N–H and O–H groups in total. The highest BCUT2D eigenvalue weighted by molar-refractivity contribution is 6.08. The van der Waals surface area contributed by atoms with Gasteiger partial charge in [0.05, 0.1) is 29.2 Å². The third-order valence-electron chi connectivity index (χ3n) is 6.90. The normalized spacial score (nSPS) is 16.4. The Morgan fingerprint density at radius 3 is 2.58 bits per heavy atom. The van der Waals surface area contributed by atoms with Crippen LogP contribution in [0.25, 0.3) is 10.8 Å². The standard InChI is InChI=1S/C27H28F2N4O3/c1-2-30-33-21(15-32-13-5-10-22(32)34)24(19-8-4-9-20(29)23(19)27(33)36)26(35)31-25(16-11-12-16)17-6-3-7-18(28)14-17/h3-4,6-9,14,16,25,30H,2,5,10-13,15H2,1H3,(H,31,35). The molecule has 3 aromatic rings. The van der Waals surface area contributed by atoms with E-state index in [1.807, 2.05) is 0 Å². The van der Waals surface area contributed by atoms with Crippen molar-refractivity contribution in [1.82, 2.24) is 14.9 Å². The van der Waals surface area contributed by atoms with Crippen LogP contribution in [0.15, 0.2) is 47.3 Å². The lowest BCUT2D eigenvalue weighted by Crippen LogP contribution is -2.40. The van der Waals surface area contributed by atoms with E-state index < -0.39 is 29.1 Å². The van der Waals surface area contributed by atoms with E-state index >= 15 is 0 Å². The number of hydrogen-bond acceptors (Lipinski definition) is 4. The van der Waals surface area contributed by atoms with Gasteiger partial charge in [0.1, 0.15) is 11.6 Å². The van der Waals surface area contributed by atoms with Crippen molar-refractivity contribution in [1.29, 1.82) is 0 Å². The first kappa shape index (κ1) is 24.0. The van der Waals surface area contributed by atoms with Gasteiger partial charge >= 0.3 is 0 Å². The molecule has 9 heteroatoms. The Labute approximate surface area is 207 Å². The molecule has 7 nitrogen and oxygen atoms in total. The van der Waals surface area contributed by atoms with Crippen LogP contribution in [0.3, 0.4) is 0 Å². The van der Waals surface area contributed by atoms with Crippen molar-refractivity contribution in [2.45, 2.75) is 45.2 Å². The van der Waals surface area contributed by atoms with Gasteiger partial charge in [0, 0.05) is 24.9 Å². The van der Waals surface area contributed by atoms with E-state index in [1.54, 1.807) is 30.0 Å². The fourth-order valence-corrected chi connectivity index (χ4v) is 5.05. The highest BCUT2D eigenvalue weighted by Crippen LogP contribution is 2.41. The second-order valence-corrected chi connectivity index (χ2v) is 9.40. The molecular weight excluding hydrogens is 466 g/mol. The van der Waals surface area contributed by atoms with Gasteiger partial charge in [-0.25, -0.2) is 13.5 Å². The van der Waals surface area contributed by atoms with E-state index in [9.17, 15) is 23.2 Å². The van der Waals surface area contributed by atoms with Crippen molar-refractivity contribution in [2.24, 2.45) is 5.92 Å². The minimum absolute atomic E-state index is 0.0321. The van der Waals surface area contributed by atoms with Crippen LogP contribution in [0.1, 0.15) is 60.3 Å². The molecule has 1 aliphatic heterocycles. The number of likely N-dealkylation sites (tertiary alicyclic amines) is 1. The molecule has 0 bridgehead atoms. The van der Waals surface area contributed by atoms with Gasteiger partial charge in [-0.05, 0) is 55.9 Å². The summed E-state index contributed by atoms with van der Waals surface area (Å²) in [4.78, 5) is 41.4. The van der Waals surface area contributed by atoms with E-state index in [-0.39, 0.29) is 34.7 Å². The number of nitrogens with one attached hydrogen (secondary N) is 2. The first-order valence-electron chi connectivity index (χ1n) is 12.3. The van der Waals surface area contributed by atoms with Crippen LogP contribution in [0.5, 0.6) is 0 Å². The molecule has 1 aliphatic carbocycles. The largest absolute Gasteiger partial charge is 0.345 e. The summed E-state index contributed by atoms with van der Waals surface area (Å²) in [7, 11) is 0. The second-order valence-electron chi connectivity index (χ2n) is 9.40. The average Bonchev–Trinajstić information content (AvgIpc) is 3.61. The third kappa shape index (κ3) is 4.45. The fraction of sp³-hybridized carbons (Fsp3) is 0.370.